The molecule has 1 saturated carbocycles. The molecule has 2 heterocycles. The van der Waals surface area contributed by atoms with E-state index in [9.17, 15) is 18.0 Å². The van der Waals surface area contributed by atoms with Crippen LogP contribution in [0.2, 0.25) is 0 Å². The molecule has 23 heavy (non-hydrogen) atoms. The normalized spacial score (nSPS) is 31.3. The van der Waals surface area contributed by atoms with Crippen molar-refractivity contribution in [3.05, 3.63) is 0 Å². The van der Waals surface area contributed by atoms with Gasteiger partial charge in [-0.15, -0.1) is 0 Å². The van der Waals surface area contributed by atoms with Crippen molar-refractivity contribution in [2.24, 2.45) is 11.3 Å². The lowest BCUT2D eigenvalue weighted by Gasteiger charge is -2.34. The molecule has 1 spiro atoms. The Morgan fingerprint density at radius 2 is 1.91 bits per heavy atom. The van der Waals surface area contributed by atoms with Crippen molar-refractivity contribution in [3.63, 3.8) is 0 Å². The number of nitrogens with one attached hydrogen (secondary N) is 1. The highest BCUT2D eigenvalue weighted by Gasteiger charge is 2.44. The molecular weight excluding hydrogens is 309 g/mol. The van der Waals surface area contributed by atoms with Gasteiger partial charge >= 0.3 is 12.2 Å². The molecule has 2 amide bonds. The number of nitrogens with zero attached hydrogens (tertiary/aromatic N) is 1. The lowest BCUT2D eigenvalue weighted by molar-refractivity contribution is -0.183. The van der Waals surface area contributed by atoms with Crippen LogP contribution < -0.4 is 5.32 Å². The van der Waals surface area contributed by atoms with E-state index in [1.165, 1.54) is 0 Å². The van der Waals surface area contributed by atoms with Crippen molar-refractivity contribution < 1.29 is 22.7 Å². The van der Waals surface area contributed by atoms with Gasteiger partial charge in [-0.25, -0.2) is 4.79 Å². The fraction of sp³-hybridized carbons (Fsp3) is 0.938. The highest BCUT2D eigenvalue weighted by molar-refractivity contribution is 5.75. The molecule has 3 aliphatic rings. The first-order valence-corrected chi connectivity index (χ1v) is 8.58. The van der Waals surface area contributed by atoms with E-state index in [1.54, 1.807) is 4.90 Å². The predicted octanol–water partition coefficient (Wildman–Crippen LogP) is 3.32. The Hall–Kier alpha value is -0.980. The van der Waals surface area contributed by atoms with E-state index in [4.69, 9.17) is 4.74 Å². The van der Waals surface area contributed by atoms with Crippen LogP contribution in [0.5, 0.6) is 0 Å². The van der Waals surface area contributed by atoms with Crippen LogP contribution in [0.15, 0.2) is 0 Å². The largest absolute Gasteiger partial charge is 0.391 e. The van der Waals surface area contributed by atoms with E-state index in [0.717, 1.165) is 32.5 Å². The minimum Gasteiger partial charge on any atom is -0.381 e. The zero-order valence-electron chi connectivity index (χ0n) is 13.3. The van der Waals surface area contributed by atoms with E-state index in [-0.39, 0.29) is 30.3 Å². The van der Waals surface area contributed by atoms with Gasteiger partial charge in [0.15, 0.2) is 0 Å². The van der Waals surface area contributed by atoms with Crippen molar-refractivity contribution in [2.45, 2.75) is 57.2 Å². The number of hydrogen-bond donors (Lipinski definition) is 1. The number of carbonyl (C=O) groups excluding carboxylic acids is 1. The molecule has 0 bridgehead atoms. The van der Waals surface area contributed by atoms with E-state index in [1.807, 2.05) is 0 Å². The number of ether oxygens (including phenoxy) is 1. The first kappa shape index (κ1) is 16.9. The molecule has 1 aliphatic carbocycles. The van der Waals surface area contributed by atoms with Crippen LogP contribution in [0.3, 0.4) is 0 Å². The summed E-state index contributed by atoms with van der Waals surface area (Å²) in [6, 6.07) is -0.546. The molecule has 1 N–H and O–H groups in total. The molecule has 3 fully saturated rings. The summed E-state index contributed by atoms with van der Waals surface area (Å²) in [7, 11) is 0. The van der Waals surface area contributed by atoms with Crippen LogP contribution >= 0.6 is 0 Å². The molecule has 7 heteroatoms. The molecule has 0 aromatic rings. The zero-order valence-corrected chi connectivity index (χ0v) is 13.3. The molecule has 4 nitrogen and oxygen atoms in total. The van der Waals surface area contributed by atoms with Gasteiger partial charge in [-0.1, -0.05) is 6.42 Å². The van der Waals surface area contributed by atoms with Gasteiger partial charge in [-0.2, -0.15) is 13.2 Å². The summed E-state index contributed by atoms with van der Waals surface area (Å²) in [5, 5.41) is 2.84. The number of rotatable bonds is 1. The first-order valence-electron chi connectivity index (χ1n) is 8.58. The molecular formula is C16H25F3N2O2. The SMILES string of the molecule is O=C(NC1CCCC(C(F)(F)F)C1)N1CCC2(CCOCC2)C1. The maximum Gasteiger partial charge on any atom is 0.391 e. The lowest BCUT2D eigenvalue weighted by Crippen LogP contribution is -2.47. The van der Waals surface area contributed by atoms with E-state index in [0.29, 0.717) is 25.9 Å². The Bertz CT molecular complexity index is 436. The van der Waals surface area contributed by atoms with Gasteiger partial charge in [-0.3, -0.25) is 0 Å². The van der Waals surface area contributed by atoms with Crippen molar-refractivity contribution >= 4 is 6.03 Å². The van der Waals surface area contributed by atoms with Gasteiger partial charge in [0.1, 0.15) is 0 Å². The average molecular weight is 334 g/mol. The van der Waals surface area contributed by atoms with E-state index >= 15 is 0 Å². The highest BCUT2D eigenvalue weighted by Crippen LogP contribution is 2.40. The van der Waals surface area contributed by atoms with Crippen LogP contribution in [0.25, 0.3) is 0 Å². The number of hydrogen-bond acceptors (Lipinski definition) is 2. The van der Waals surface area contributed by atoms with Crippen molar-refractivity contribution in [1.29, 1.82) is 0 Å². The summed E-state index contributed by atoms with van der Waals surface area (Å²) >= 11 is 0. The molecule has 132 valence electrons. The molecule has 3 rings (SSSR count). The smallest absolute Gasteiger partial charge is 0.381 e. The quantitative estimate of drug-likeness (QED) is 0.799. The molecule has 2 atom stereocenters. The Kier molecular flexibility index (Phi) is 4.76. The molecule has 0 aromatic heterocycles. The molecule has 0 aromatic carbocycles. The summed E-state index contributed by atoms with van der Waals surface area (Å²) in [6.45, 7) is 2.88. The lowest BCUT2D eigenvalue weighted by atomic mass is 9.80. The topological polar surface area (TPSA) is 41.6 Å². The number of likely N-dealkylation sites (tertiary alicyclic amines) is 1. The molecule has 2 saturated heterocycles. The first-order chi connectivity index (χ1) is 10.9. The van der Waals surface area contributed by atoms with Gasteiger partial charge in [0.2, 0.25) is 0 Å². The second kappa shape index (κ2) is 6.49. The predicted molar refractivity (Wildman–Crippen MR) is 79.0 cm³/mol. The van der Waals surface area contributed by atoms with Crippen LogP contribution in [0, 0.1) is 11.3 Å². The van der Waals surface area contributed by atoms with Crippen LogP contribution in [0.1, 0.15) is 44.9 Å². The minimum absolute atomic E-state index is 0.0159. The molecule has 0 radical (unpaired) electrons. The third-order valence-corrected chi connectivity index (χ3v) is 5.74. The number of alkyl halides is 3. The Balaban J connectivity index is 1.51. The maximum atomic E-state index is 12.9. The third kappa shape index (κ3) is 3.92. The van der Waals surface area contributed by atoms with Gasteiger partial charge in [-0.05, 0) is 43.9 Å². The minimum atomic E-state index is -4.15. The summed E-state index contributed by atoms with van der Waals surface area (Å²) in [5.74, 6) is -1.28. The zero-order chi connectivity index (χ0) is 16.5. The fourth-order valence-electron chi connectivity index (χ4n) is 4.21. The monoisotopic (exact) mass is 334 g/mol. The second-order valence-electron chi connectivity index (χ2n) is 7.34. The van der Waals surface area contributed by atoms with Crippen LogP contribution in [0.4, 0.5) is 18.0 Å². The Labute approximate surface area is 134 Å². The van der Waals surface area contributed by atoms with Crippen molar-refractivity contribution in [2.75, 3.05) is 26.3 Å². The Morgan fingerprint density at radius 1 is 1.17 bits per heavy atom. The fourth-order valence-corrected chi connectivity index (χ4v) is 4.21. The molecule has 2 unspecified atom stereocenters. The van der Waals surface area contributed by atoms with Crippen molar-refractivity contribution in [3.8, 4) is 0 Å². The average Bonchev–Trinajstić information content (AvgIpc) is 2.91. The van der Waals surface area contributed by atoms with E-state index < -0.39 is 12.1 Å². The van der Waals surface area contributed by atoms with Gasteiger partial charge in [0.25, 0.3) is 0 Å². The summed E-state index contributed by atoms with van der Waals surface area (Å²) in [5.41, 5.74) is 0.163. The Morgan fingerprint density at radius 3 is 2.61 bits per heavy atom. The van der Waals surface area contributed by atoms with Gasteiger partial charge in [0.05, 0.1) is 5.92 Å². The number of amides is 2. The standard InChI is InChI=1S/C16H25F3N2O2/c17-16(18,19)12-2-1-3-13(10-12)20-14(22)21-7-4-15(11-21)5-8-23-9-6-15/h12-13H,1-11H2,(H,20,22). The van der Waals surface area contributed by atoms with Crippen molar-refractivity contribution in [1.82, 2.24) is 10.2 Å². The maximum absolute atomic E-state index is 12.9. The number of carbonyl (C=O) groups is 1. The number of urea groups is 1. The third-order valence-electron chi connectivity index (χ3n) is 5.74. The van der Waals surface area contributed by atoms with Crippen LogP contribution in [-0.2, 0) is 4.74 Å². The summed E-state index contributed by atoms with van der Waals surface area (Å²) < 4.78 is 44.0. The molecule has 2 aliphatic heterocycles. The van der Waals surface area contributed by atoms with Gasteiger partial charge in [0, 0.05) is 32.3 Å². The van der Waals surface area contributed by atoms with Crippen LogP contribution in [-0.4, -0.2) is 49.5 Å². The summed E-state index contributed by atoms with van der Waals surface area (Å²) in [6.07, 6.45) is 0.127. The summed E-state index contributed by atoms with van der Waals surface area (Å²) in [4.78, 5) is 14.2. The number of halogens is 3. The highest BCUT2D eigenvalue weighted by atomic mass is 19.4. The second-order valence-corrected chi connectivity index (χ2v) is 7.34. The van der Waals surface area contributed by atoms with Gasteiger partial charge < -0.3 is 15.0 Å². The van der Waals surface area contributed by atoms with E-state index in [2.05, 4.69) is 5.32 Å².